The monoisotopic (exact) mass is 441 g/mol. The third kappa shape index (κ3) is 4.88. The average Bonchev–Trinajstić information content (AvgIpc) is 2.82. The van der Waals surface area contributed by atoms with Crippen LogP contribution >= 0.6 is 0 Å². The van der Waals surface area contributed by atoms with Crippen LogP contribution in [0, 0.1) is 0 Å². The van der Waals surface area contributed by atoms with Gasteiger partial charge in [-0.3, -0.25) is 0 Å². The van der Waals surface area contributed by atoms with Crippen LogP contribution in [0.25, 0.3) is 0 Å². The van der Waals surface area contributed by atoms with Gasteiger partial charge in [0.05, 0.1) is 51.8 Å². The first-order valence-corrected chi connectivity index (χ1v) is 10.1. The molecule has 9 nitrogen and oxygen atoms in total. The highest BCUT2D eigenvalue weighted by atomic mass is 16.5. The molecule has 0 bridgehead atoms. The predicted octanol–water partition coefficient (Wildman–Crippen LogP) is 3.00. The van der Waals surface area contributed by atoms with Crippen molar-refractivity contribution in [1.29, 1.82) is 0 Å². The predicted molar refractivity (Wildman–Crippen MR) is 119 cm³/mol. The number of amides is 2. The van der Waals surface area contributed by atoms with Crippen LogP contribution in [0.15, 0.2) is 53.7 Å². The number of esters is 1. The molecule has 0 aliphatic carbocycles. The minimum Gasteiger partial charge on any atom is -0.493 e. The van der Waals surface area contributed by atoms with Crippen molar-refractivity contribution in [3.8, 4) is 17.2 Å². The molecule has 0 unspecified atom stereocenters. The van der Waals surface area contributed by atoms with Gasteiger partial charge in [-0.2, -0.15) is 0 Å². The Morgan fingerprint density at radius 3 is 2.25 bits per heavy atom. The van der Waals surface area contributed by atoms with Gasteiger partial charge in [0.2, 0.25) is 5.75 Å². The summed E-state index contributed by atoms with van der Waals surface area (Å²) in [5.74, 6) is 0.915. The Bertz CT molecular complexity index is 981. The normalized spacial score (nSPS) is 15.4. The van der Waals surface area contributed by atoms with Gasteiger partial charge in [0.25, 0.3) is 0 Å². The molecule has 3 rings (SSSR count). The second kappa shape index (κ2) is 10.4. The minimum absolute atomic E-state index is 0.156. The van der Waals surface area contributed by atoms with Crippen LogP contribution in [-0.2, 0) is 9.53 Å². The standard InChI is InChI=1S/C23H27N3O6/c1-5-32-22(27)19-16(25-23(28)26-20(19)14-9-7-6-8-10-14)13-24-15-11-17(29-2)21(31-4)18(12-15)30-3/h6-12,20,24H,5,13H2,1-4H3,(H2,25,26,28)/t20-/m1/s1. The summed E-state index contributed by atoms with van der Waals surface area (Å²) >= 11 is 0. The Hall–Kier alpha value is -3.88. The first-order chi connectivity index (χ1) is 15.5. The van der Waals surface area contributed by atoms with Crippen LogP contribution in [0.1, 0.15) is 18.5 Å². The zero-order valence-electron chi connectivity index (χ0n) is 18.5. The first kappa shape index (κ1) is 22.8. The third-order valence-electron chi connectivity index (χ3n) is 4.92. The number of rotatable bonds is 9. The summed E-state index contributed by atoms with van der Waals surface area (Å²) in [5.41, 5.74) is 2.17. The van der Waals surface area contributed by atoms with Gasteiger partial charge in [-0.05, 0) is 12.5 Å². The van der Waals surface area contributed by atoms with E-state index in [9.17, 15) is 9.59 Å². The van der Waals surface area contributed by atoms with Crippen molar-refractivity contribution in [1.82, 2.24) is 10.6 Å². The van der Waals surface area contributed by atoms with Crippen LogP contribution in [0.4, 0.5) is 10.5 Å². The Morgan fingerprint density at radius 1 is 1.03 bits per heavy atom. The minimum atomic E-state index is -0.638. The van der Waals surface area contributed by atoms with Crippen molar-refractivity contribution >= 4 is 17.7 Å². The van der Waals surface area contributed by atoms with Crippen molar-refractivity contribution in [2.75, 3.05) is 39.8 Å². The van der Waals surface area contributed by atoms with E-state index >= 15 is 0 Å². The molecule has 3 N–H and O–H groups in total. The molecular formula is C23H27N3O6. The van der Waals surface area contributed by atoms with Crippen LogP contribution < -0.4 is 30.2 Å². The Morgan fingerprint density at radius 2 is 1.69 bits per heavy atom. The zero-order valence-corrected chi connectivity index (χ0v) is 18.5. The lowest BCUT2D eigenvalue weighted by Gasteiger charge is -2.29. The number of benzene rings is 2. The largest absolute Gasteiger partial charge is 0.493 e. The van der Waals surface area contributed by atoms with E-state index in [1.54, 1.807) is 19.1 Å². The van der Waals surface area contributed by atoms with Gasteiger partial charge in [0, 0.05) is 17.8 Å². The zero-order chi connectivity index (χ0) is 23.1. The Kier molecular flexibility index (Phi) is 7.43. The summed E-state index contributed by atoms with van der Waals surface area (Å²) < 4.78 is 21.4. The molecule has 0 fully saturated rings. The number of anilines is 1. The van der Waals surface area contributed by atoms with E-state index in [-0.39, 0.29) is 13.2 Å². The number of methoxy groups -OCH3 is 3. The number of hydrogen-bond acceptors (Lipinski definition) is 7. The number of urea groups is 1. The van der Waals surface area contributed by atoms with Crippen LogP contribution in [0.2, 0.25) is 0 Å². The highest BCUT2D eigenvalue weighted by Crippen LogP contribution is 2.40. The molecule has 1 aliphatic heterocycles. The lowest BCUT2D eigenvalue weighted by molar-refractivity contribution is -0.139. The lowest BCUT2D eigenvalue weighted by Crippen LogP contribution is -2.47. The fraction of sp³-hybridized carbons (Fsp3) is 0.304. The molecule has 170 valence electrons. The van der Waals surface area contributed by atoms with Crippen molar-refractivity contribution in [3.63, 3.8) is 0 Å². The summed E-state index contributed by atoms with van der Waals surface area (Å²) in [6.07, 6.45) is 0. The number of hydrogen-bond donors (Lipinski definition) is 3. The molecule has 0 saturated heterocycles. The fourth-order valence-corrected chi connectivity index (χ4v) is 3.48. The molecule has 0 spiro atoms. The maximum atomic E-state index is 12.8. The van der Waals surface area contributed by atoms with E-state index in [0.717, 1.165) is 5.56 Å². The van der Waals surface area contributed by atoms with E-state index in [4.69, 9.17) is 18.9 Å². The number of carbonyl (C=O) groups excluding carboxylic acids is 2. The van der Waals surface area contributed by atoms with Crippen molar-refractivity contribution < 1.29 is 28.5 Å². The van der Waals surface area contributed by atoms with E-state index in [1.807, 2.05) is 30.3 Å². The van der Waals surface area contributed by atoms with E-state index in [1.165, 1.54) is 21.3 Å². The molecule has 1 aliphatic rings. The van der Waals surface area contributed by atoms with Gasteiger partial charge in [-0.1, -0.05) is 30.3 Å². The molecule has 0 radical (unpaired) electrons. The highest BCUT2D eigenvalue weighted by Gasteiger charge is 2.33. The van der Waals surface area contributed by atoms with Crippen molar-refractivity contribution in [2.24, 2.45) is 0 Å². The Labute approximate surface area is 186 Å². The summed E-state index contributed by atoms with van der Waals surface area (Å²) in [4.78, 5) is 25.2. The summed E-state index contributed by atoms with van der Waals surface area (Å²) in [6.45, 7) is 2.10. The average molecular weight is 441 g/mol. The van der Waals surface area contributed by atoms with Gasteiger partial charge >= 0.3 is 12.0 Å². The SMILES string of the molecule is CCOC(=O)C1=C(CNc2cc(OC)c(OC)c(OC)c2)NC(=O)N[C@@H]1c1ccccc1. The van der Waals surface area contributed by atoms with E-state index in [2.05, 4.69) is 16.0 Å². The van der Waals surface area contributed by atoms with Crippen LogP contribution in [-0.4, -0.2) is 46.5 Å². The number of carbonyl (C=O) groups is 2. The lowest BCUT2D eigenvalue weighted by atomic mass is 9.95. The quantitative estimate of drug-likeness (QED) is 0.514. The van der Waals surface area contributed by atoms with Gasteiger partial charge in [0.1, 0.15) is 0 Å². The molecule has 32 heavy (non-hydrogen) atoms. The van der Waals surface area contributed by atoms with Crippen molar-refractivity contribution in [3.05, 3.63) is 59.3 Å². The smallest absolute Gasteiger partial charge is 0.338 e. The van der Waals surface area contributed by atoms with Crippen LogP contribution in [0.3, 0.4) is 0 Å². The van der Waals surface area contributed by atoms with Gasteiger partial charge < -0.3 is 34.9 Å². The molecule has 0 aromatic heterocycles. The highest BCUT2D eigenvalue weighted by molar-refractivity contribution is 5.95. The van der Waals surface area contributed by atoms with Gasteiger partial charge in [-0.25, -0.2) is 9.59 Å². The maximum absolute atomic E-state index is 12.8. The molecule has 2 aromatic carbocycles. The van der Waals surface area contributed by atoms with E-state index < -0.39 is 18.0 Å². The van der Waals surface area contributed by atoms with Crippen LogP contribution in [0.5, 0.6) is 17.2 Å². The second-order valence-electron chi connectivity index (χ2n) is 6.82. The molecule has 1 atom stereocenters. The maximum Gasteiger partial charge on any atom is 0.338 e. The molecule has 2 aromatic rings. The second-order valence-corrected chi connectivity index (χ2v) is 6.82. The van der Waals surface area contributed by atoms with Crippen molar-refractivity contribution in [2.45, 2.75) is 13.0 Å². The number of ether oxygens (including phenoxy) is 4. The third-order valence-corrected chi connectivity index (χ3v) is 4.92. The van der Waals surface area contributed by atoms with Gasteiger partial charge in [0.15, 0.2) is 11.5 Å². The van der Waals surface area contributed by atoms with E-state index in [0.29, 0.717) is 34.2 Å². The first-order valence-electron chi connectivity index (χ1n) is 10.1. The summed E-state index contributed by atoms with van der Waals surface area (Å²) in [5, 5.41) is 8.75. The summed E-state index contributed by atoms with van der Waals surface area (Å²) in [6, 6.07) is 11.7. The molecule has 0 saturated carbocycles. The molecule has 1 heterocycles. The van der Waals surface area contributed by atoms with Gasteiger partial charge in [-0.15, -0.1) is 0 Å². The topological polar surface area (TPSA) is 107 Å². The molecule has 9 heteroatoms. The molecular weight excluding hydrogens is 414 g/mol. The fourth-order valence-electron chi connectivity index (χ4n) is 3.48. The summed E-state index contributed by atoms with van der Waals surface area (Å²) in [7, 11) is 4.58. The Balaban J connectivity index is 1.97. The molecule has 2 amide bonds. The number of nitrogens with one attached hydrogen (secondary N) is 3.